The first-order valence-electron chi connectivity index (χ1n) is 8.92. The first kappa shape index (κ1) is 19.9. The summed E-state index contributed by atoms with van der Waals surface area (Å²) >= 11 is 0. The normalized spacial score (nSPS) is 15.7. The van der Waals surface area contributed by atoms with Crippen molar-refractivity contribution >= 4 is 21.6 Å². The molecule has 3 rings (SSSR count). The zero-order valence-corrected chi connectivity index (χ0v) is 16.2. The molecular formula is C20H21N3O4S. The molecule has 1 aliphatic rings. The van der Waals surface area contributed by atoms with Gasteiger partial charge in [-0.05, 0) is 49.6 Å². The van der Waals surface area contributed by atoms with Crippen LogP contribution in [0.4, 0.5) is 5.69 Å². The lowest BCUT2D eigenvalue weighted by Gasteiger charge is -2.30. The van der Waals surface area contributed by atoms with E-state index in [1.54, 1.807) is 30.3 Å². The van der Waals surface area contributed by atoms with Crippen molar-refractivity contribution in [2.45, 2.75) is 24.7 Å². The van der Waals surface area contributed by atoms with Crippen molar-refractivity contribution in [2.24, 2.45) is 5.92 Å². The van der Waals surface area contributed by atoms with Crippen molar-refractivity contribution < 1.29 is 18.3 Å². The molecule has 1 amide bonds. The number of carbonyl (C=O) groups is 1. The highest BCUT2D eigenvalue weighted by atomic mass is 32.2. The molecule has 7 nitrogen and oxygen atoms in total. The van der Waals surface area contributed by atoms with Crippen LogP contribution in [-0.2, 0) is 14.8 Å². The fourth-order valence-electron chi connectivity index (χ4n) is 3.26. The molecule has 2 aromatic rings. The molecular weight excluding hydrogens is 378 g/mol. The van der Waals surface area contributed by atoms with Crippen molar-refractivity contribution in [2.75, 3.05) is 18.4 Å². The molecule has 0 bridgehead atoms. The Labute approximate surface area is 164 Å². The minimum Gasteiger partial charge on any atom is -0.506 e. The molecule has 0 radical (unpaired) electrons. The van der Waals surface area contributed by atoms with Crippen molar-refractivity contribution in [1.29, 1.82) is 5.26 Å². The number of anilines is 1. The topological polar surface area (TPSA) is 111 Å². The van der Waals surface area contributed by atoms with Crippen LogP contribution in [0.5, 0.6) is 5.75 Å². The maximum absolute atomic E-state index is 12.9. The molecule has 1 fully saturated rings. The third kappa shape index (κ3) is 4.01. The Kier molecular flexibility index (Phi) is 5.68. The van der Waals surface area contributed by atoms with Gasteiger partial charge < -0.3 is 10.4 Å². The number of hydrogen-bond acceptors (Lipinski definition) is 5. The maximum Gasteiger partial charge on any atom is 0.244 e. The number of rotatable bonds is 4. The van der Waals surface area contributed by atoms with Crippen molar-refractivity contribution in [3.8, 4) is 11.8 Å². The number of piperidine rings is 1. The van der Waals surface area contributed by atoms with E-state index >= 15 is 0 Å². The molecule has 0 saturated carbocycles. The number of hydrogen-bond donors (Lipinski definition) is 2. The van der Waals surface area contributed by atoms with Gasteiger partial charge in [0.05, 0.1) is 16.1 Å². The van der Waals surface area contributed by atoms with E-state index in [0.29, 0.717) is 18.5 Å². The second-order valence-corrected chi connectivity index (χ2v) is 8.70. The third-order valence-electron chi connectivity index (χ3n) is 4.86. The number of aromatic hydroxyl groups is 1. The standard InChI is InChI=1S/C20H21N3O4S/c1-14-6-7-17(18(24)12-14)22-20(25)15-8-10-23(11-9-15)28(26,27)19-5-3-2-4-16(19)13-21/h2-7,12,15,24H,8-11H2,1H3,(H,22,25). The average molecular weight is 399 g/mol. The highest BCUT2D eigenvalue weighted by molar-refractivity contribution is 7.89. The van der Waals surface area contributed by atoms with Crippen LogP contribution in [0, 0.1) is 24.2 Å². The fraction of sp³-hybridized carbons (Fsp3) is 0.300. The lowest BCUT2D eigenvalue weighted by atomic mass is 9.97. The second-order valence-electron chi connectivity index (χ2n) is 6.80. The lowest BCUT2D eigenvalue weighted by molar-refractivity contribution is -0.120. The molecule has 1 heterocycles. The predicted molar refractivity (Wildman–Crippen MR) is 104 cm³/mol. The van der Waals surface area contributed by atoms with Gasteiger partial charge in [-0.25, -0.2) is 8.42 Å². The SMILES string of the molecule is Cc1ccc(NC(=O)C2CCN(S(=O)(=O)c3ccccc3C#N)CC2)c(O)c1. The molecule has 1 saturated heterocycles. The van der Waals surface area contributed by atoms with Crippen LogP contribution in [0.15, 0.2) is 47.4 Å². The summed E-state index contributed by atoms with van der Waals surface area (Å²) in [6.07, 6.45) is 0.735. The number of amides is 1. The fourth-order valence-corrected chi connectivity index (χ4v) is 4.88. The van der Waals surface area contributed by atoms with Gasteiger partial charge in [0, 0.05) is 19.0 Å². The molecule has 8 heteroatoms. The molecule has 0 atom stereocenters. The van der Waals surface area contributed by atoms with Gasteiger partial charge in [0.2, 0.25) is 15.9 Å². The van der Waals surface area contributed by atoms with Gasteiger partial charge in [-0.15, -0.1) is 0 Å². The quantitative estimate of drug-likeness (QED) is 0.768. The monoisotopic (exact) mass is 399 g/mol. The largest absolute Gasteiger partial charge is 0.506 e. The molecule has 0 aliphatic carbocycles. The number of phenolic OH excluding ortho intramolecular Hbond substituents is 1. The predicted octanol–water partition coefficient (Wildman–Crippen LogP) is 2.61. The molecule has 1 aliphatic heterocycles. The van der Waals surface area contributed by atoms with E-state index in [4.69, 9.17) is 5.26 Å². The van der Waals surface area contributed by atoms with Crippen LogP contribution in [0.3, 0.4) is 0 Å². The Morgan fingerprint density at radius 1 is 1.21 bits per heavy atom. The number of phenols is 1. The van der Waals surface area contributed by atoms with Crippen LogP contribution < -0.4 is 5.32 Å². The summed E-state index contributed by atoms with van der Waals surface area (Å²) in [5.41, 5.74) is 1.33. The van der Waals surface area contributed by atoms with Crippen LogP contribution in [0.2, 0.25) is 0 Å². The van der Waals surface area contributed by atoms with E-state index in [1.807, 2.05) is 13.0 Å². The number of sulfonamides is 1. The molecule has 0 unspecified atom stereocenters. The summed E-state index contributed by atoms with van der Waals surface area (Å²) in [4.78, 5) is 12.5. The number of nitrogens with one attached hydrogen (secondary N) is 1. The number of carbonyl (C=O) groups excluding carboxylic acids is 1. The van der Waals surface area contributed by atoms with E-state index < -0.39 is 10.0 Å². The Hall–Kier alpha value is -2.89. The molecule has 28 heavy (non-hydrogen) atoms. The van der Waals surface area contributed by atoms with Crippen LogP contribution in [0.25, 0.3) is 0 Å². The van der Waals surface area contributed by atoms with Gasteiger partial charge in [-0.2, -0.15) is 9.57 Å². The van der Waals surface area contributed by atoms with E-state index in [1.165, 1.54) is 16.4 Å². The van der Waals surface area contributed by atoms with Gasteiger partial charge in [-0.3, -0.25) is 4.79 Å². The average Bonchev–Trinajstić information content (AvgIpc) is 2.70. The Balaban J connectivity index is 1.67. The number of nitriles is 1. The maximum atomic E-state index is 12.9. The lowest BCUT2D eigenvalue weighted by Crippen LogP contribution is -2.41. The Bertz CT molecular complexity index is 1040. The van der Waals surface area contributed by atoms with Crippen molar-refractivity contribution in [3.05, 3.63) is 53.6 Å². The summed E-state index contributed by atoms with van der Waals surface area (Å²) in [7, 11) is -3.79. The van der Waals surface area contributed by atoms with Crippen LogP contribution >= 0.6 is 0 Å². The first-order chi connectivity index (χ1) is 13.3. The molecule has 0 spiro atoms. The van der Waals surface area contributed by atoms with Crippen molar-refractivity contribution in [1.82, 2.24) is 4.31 Å². The first-order valence-corrected chi connectivity index (χ1v) is 10.4. The van der Waals surface area contributed by atoms with E-state index in [0.717, 1.165) is 5.56 Å². The number of nitrogens with zero attached hydrogens (tertiary/aromatic N) is 2. The number of benzene rings is 2. The van der Waals surface area contributed by atoms with E-state index in [9.17, 15) is 18.3 Å². The van der Waals surface area contributed by atoms with Gasteiger partial charge in [0.1, 0.15) is 11.8 Å². The number of aryl methyl sites for hydroxylation is 1. The molecule has 0 aromatic heterocycles. The van der Waals surface area contributed by atoms with Gasteiger partial charge in [0.15, 0.2) is 0 Å². The Morgan fingerprint density at radius 2 is 1.89 bits per heavy atom. The molecule has 2 N–H and O–H groups in total. The highest BCUT2D eigenvalue weighted by Gasteiger charge is 2.33. The van der Waals surface area contributed by atoms with Gasteiger partial charge >= 0.3 is 0 Å². The van der Waals surface area contributed by atoms with E-state index in [2.05, 4.69) is 5.32 Å². The summed E-state index contributed by atoms with van der Waals surface area (Å²) in [5.74, 6) is -0.589. The Morgan fingerprint density at radius 3 is 2.54 bits per heavy atom. The minimum atomic E-state index is -3.79. The van der Waals surface area contributed by atoms with E-state index in [-0.39, 0.29) is 41.1 Å². The summed E-state index contributed by atoms with van der Waals surface area (Å²) in [6, 6.07) is 13.0. The van der Waals surface area contributed by atoms with Gasteiger partial charge in [-0.1, -0.05) is 18.2 Å². The third-order valence-corrected chi connectivity index (χ3v) is 6.82. The molecule has 146 valence electrons. The van der Waals surface area contributed by atoms with Crippen LogP contribution in [0.1, 0.15) is 24.0 Å². The zero-order valence-electron chi connectivity index (χ0n) is 15.4. The molecule has 2 aromatic carbocycles. The minimum absolute atomic E-state index is 0.00137. The summed E-state index contributed by atoms with van der Waals surface area (Å²) in [6.45, 7) is 2.23. The summed E-state index contributed by atoms with van der Waals surface area (Å²) < 4.78 is 27.0. The second kappa shape index (κ2) is 8.00. The van der Waals surface area contributed by atoms with Gasteiger partial charge in [0.25, 0.3) is 0 Å². The summed E-state index contributed by atoms with van der Waals surface area (Å²) in [5, 5.41) is 21.8. The van der Waals surface area contributed by atoms with Crippen molar-refractivity contribution in [3.63, 3.8) is 0 Å². The zero-order chi connectivity index (χ0) is 20.3. The van der Waals surface area contributed by atoms with Crippen LogP contribution in [-0.4, -0.2) is 36.8 Å². The highest BCUT2D eigenvalue weighted by Crippen LogP contribution is 2.28. The smallest absolute Gasteiger partial charge is 0.244 e.